The molecule has 29 heavy (non-hydrogen) atoms. The van der Waals surface area contributed by atoms with Crippen molar-refractivity contribution in [2.75, 3.05) is 20.8 Å². The van der Waals surface area contributed by atoms with Crippen LogP contribution in [0.15, 0.2) is 43.0 Å². The van der Waals surface area contributed by atoms with Gasteiger partial charge in [-0.1, -0.05) is 43.2 Å². The second-order valence-electron chi connectivity index (χ2n) is 7.81. The predicted octanol–water partition coefficient (Wildman–Crippen LogP) is 5.22. The van der Waals surface area contributed by atoms with Crippen LogP contribution in [0.1, 0.15) is 42.4 Å². The molecule has 0 radical (unpaired) electrons. The largest absolute Gasteiger partial charge is 0.493 e. The average molecular weight is 412 g/mol. The smallest absolute Gasteiger partial charge is 0.237 e. The van der Waals surface area contributed by atoms with Crippen LogP contribution < -0.4 is 9.47 Å². The van der Waals surface area contributed by atoms with Crippen molar-refractivity contribution in [2.24, 2.45) is 0 Å². The summed E-state index contributed by atoms with van der Waals surface area (Å²) >= 11 is 6.09. The fourth-order valence-electron chi connectivity index (χ4n) is 4.77. The lowest BCUT2D eigenvalue weighted by Gasteiger charge is -2.38. The van der Waals surface area contributed by atoms with E-state index in [1.807, 2.05) is 41.3 Å². The molecule has 1 heterocycles. The van der Waals surface area contributed by atoms with Crippen molar-refractivity contribution < 1.29 is 14.3 Å². The summed E-state index contributed by atoms with van der Waals surface area (Å²) in [5.74, 6) is 1.49. The standard InChI is InChI=1S/C24H26ClNO3/c1-16-20-15-22(29-3)21(28-2)14-17(20)10-13-26(16)23(27)24(11-4-5-12-24)18-6-8-19(25)9-7-18/h6-9,14-15H,1,4-5,10-13H2,2-3H3. The van der Waals surface area contributed by atoms with Gasteiger partial charge >= 0.3 is 0 Å². The number of halogens is 1. The zero-order chi connectivity index (χ0) is 20.6. The van der Waals surface area contributed by atoms with Gasteiger partial charge in [-0.05, 0) is 54.7 Å². The lowest BCUT2D eigenvalue weighted by Crippen LogP contribution is -2.46. The molecule has 4 nitrogen and oxygen atoms in total. The molecule has 4 rings (SSSR count). The number of hydrogen-bond donors (Lipinski definition) is 0. The predicted molar refractivity (Wildman–Crippen MR) is 116 cm³/mol. The average Bonchev–Trinajstić information content (AvgIpc) is 3.24. The van der Waals surface area contributed by atoms with Gasteiger partial charge in [0.15, 0.2) is 11.5 Å². The van der Waals surface area contributed by atoms with Gasteiger partial charge in [-0.3, -0.25) is 4.79 Å². The van der Waals surface area contributed by atoms with Crippen LogP contribution in [0.3, 0.4) is 0 Å². The minimum absolute atomic E-state index is 0.141. The van der Waals surface area contributed by atoms with Gasteiger partial charge < -0.3 is 14.4 Å². The number of rotatable bonds is 4. The van der Waals surface area contributed by atoms with E-state index in [0.717, 1.165) is 54.5 Å². The number of amides is 1. The Balaban J connectivity index is 1.70. The number of nitrogens with zero attached hydrogens (tertiary/aromatic N) is 1. The Hall–Kier alpha value is -2.46. The van der Waals surface area contributed by atoms with Gasteiger partial charge in [-0.25, -0.2) is 0 Å². The minimum Gasteiger partial charge on any atom is -0.493 e. The summed E-state index contributed by atoms with van der Waals surface area (Å²) in [6.45, 7) is 4.91. The second kappa shape index (κ2) is 7.75. The molecule has 1 saturated carbocycles. The molecular formula is C24H26ClNO3. The number of carbonyl (C=O) groups excluding carboxylic acids is 1. The molecule has 0 aromatic heterocycles. The highest BCUT2D eigenvalue weighted by atomic mass is 35.5. The van der Waals surface area contributed by atoms with Crippen molar-refractivity contribution in [3.05, 3.63) is 64.7 Å². The van der Waals surface area contributed by atoms with Crippen LogP contribution in [0, 0.1) is 0 Å². The summed E-state index contributed by atoms with van der Waals surface area (Å²) in [5, 5.41) is 0.687. The number of benzene rings is 2. The first-order valence-corrected chi connectivity index (χ1v) is 10.4. The SMILES string of the molecule is C=C1c2cc(OC)c(OC)cc2CCN1C(=O)C1(c2ccc(Cl)cc2)CCCC1. The highest BCUT2D eigenvalue weighted by Gasteiger charge is 2.46. The van der Waals surface area contributed by atoms with Gasteiger partial charge in [0.05, 0.1) is 19.6 Å². The van der Waals surface area contributed by atoms with Gasteiger partial charge in [0.25, 0.3) is 0 Å². The summed E-state index contributed by atoms with van der Waals surface area (Å²) in [5.41, 5.74) is 3.37. The highest BCUT2D eigenvalue weighted by molar-refractivity contribution is 6.30. The second-order valence-corrected chi connectivity index (χ2v) is 8.25. The van der Waals surface area contributed by atoms with Crippen LogP contribution in [0.25, 0.3) is 5.70 Å². The van der Waals surface area contributed by atoms with Crippen molar-refractivity contribution in [3.63, 3.8) is 0 Å². The van der Waals surface area contributed by atoms with Gasteiger partial charge in [-0.2, -0.15) is 0 Å². The molecule has 1 amide bonds. The zero-order valence-electron chi connectivity index (χ0n) is 17.0. The van der Waals surface area contributed by atoms with Crippen molar-refractivity contribution in [1.29, 1.82) is 0 Å². The Kier molecular flexibility index (Phi) is 5.30. The molecule has 1 fully saturated rings. The number of methoxy groups -OCH3 is 2. The molecule has 152 valence electrons. The summed E-state index contributed by atoms with van der Waals surface area (Å²) in [6, 6.07) is 11.7. The van der Waals surface area contributed by atoms with Crippen LogP contribution in [-0.4, -0.2) is 31.6 Å². The third-order valence-electron chi connectivity index (χ3n) is 6.36. The van der Waals surface area contributed by atoms with Gasteiger partial charge in [0.2, 0.25) is 5.91 Å². The van der Waals surface area contributed by atoms with E-state index in [-0.39, 0.29) is 5.91 Å². The first-order chi connectivity index (χ1) is 14.0. The summed E-state index contributed by atoms with van der Waals surface area (Å²) < 4.78 is 10.9. The van der Waals surface area contributed by atoms with E-state index < -0.39 is 5.41 Å². The molecule has 2 aliphatic rings. The Morgan fingerprint density at radius 3 is 2.31 bits per heavy atom. The fourth-order valence-corrected chi connectivity index (χ4v) is 4.89. The Labute approximate surface area is 177 Å². The zero-order valence-corrected chi connectivity index (χ0v) is 17.7. The fraction of sp³-hybridized carbons (Fsp3) is 0.375. The molecule has 5 heteroatoms. The third kappa shape index (κ3) is 3.29. The number of ether oxygens (including phenoxy) is 2. The Morgan fingerprint density at radius 2 is 1.69 bits per heavy atom. The van der Waals surface area contributed by atoms with Crippen molar-refractivity contribution in [2.45, 2.75) is 37.5 Å². The number of hydrogen-bond acceptors (Lipinski definition) is 3. The molecule has 0 atom stereocenters. The molecular weight excluding hydrogens is 386 g/mol. The van der Waals surface area contributed by atoms with Crippen LogP contribution in [0.2, 0.25) is 5.02 Å². The van der Waals surface area contributed by atoms with Gasteiger partial charge in [0, 0.05) is 22.8 Å². The minimum atomic E-state index is -0.498. The quantitative estimate of drug-likeness (QED) is 0.691. The molecule has 0 unspecified atom stereocenters. The Bertz CT molecular complexity index is 945. The van der Waals surface area contributed by atoms with E-state index >= 15 is 0 Å². The lowest BCUT2D eigenvalue weighted by atomic mass is 9.77. The molecule has 1 aliphatic heterocycles. The first kappa shape index (κ1) is 19.8. The third-order valence-corrected chi connectivity index (χ3v) is 6.61. The van der Waals surface area contributed by atoms with Crippen LogP contribution in [0.4, 0.5) is 0 Å². The molecule has 2 aromatic rings. The van der Waals surface area contributed by atoms with Crippen molar-refractivity contribution in [1.82, 2.24) is 4.90 Å². The maximum atomic E-state index is 13.9. The highest BCUT2D eigenvalue weighted by Crippen LogP contribution is 2.45. The van der Waals surface area contributed by atoms with E-state index in [1.165, 1.54) is 0 Å². The normalized spacial score (nSPS) is 17.8. The monoisotopic (exact) mass is 411 g/mol. The van der Waals surface area contributed by atoms with Crippen molar-refractivity contribution in [3.8, 4) is 11.5 Å². The Morgan fingerprint density at radius 1 is 1.07 bits per heavy atom. The van der Waals surface area contributed by atoms with E-state index in [4.69, 9.17) is 21.1 Å². The van der Waals surface area contributed by atoms with E-state index in [1.54, 1.807) is 14.2 Å². The van der Waals surface area contributed by atoms with Crippen LogP contribution >= 0.6 is 11.6 Å². The van der Waals surface area contributed by atoms with Gasteiger partial charge in [-0.15, -0.1) is 0 Å². The molecule has 1 aliphatic carbocycles. The molecule has 2 aromatic carbocycles. The first-order valence-electron chi connectivity index (χ1n) is 10.0. The summed E-state index contributed by atoms with van der Waals surface area (Å²) in [6.07, 6.45) is 4.58. The molecule has 0 saturated heterocycles. The lowest BCUT2D eigenvalue weighted by molar-refractivity contribution is -0.134. The van der Waals surface area contributed by atoms with E-state index in [9.17, 15) is 4.79 Å². The molecule has 0 spiro atoms. The number of fused-ring (bicyclic) bond motifs is 1. The van der Waals surface area contributed by atoms with E-state index in [0.29, 0.717) is 23.1 Å². The molecule has 0 N–H and O–H groups in total. The van der Waals surface area contributed by atoms with Crippen molar-refractivity contribution >= 4 is 23.2 Å². The summed E-state index contributed by atoms with van der Waals surface area (Å²) in [7, 11) is 3.25. The number of carbonyl (C=O) groups is 1. The van der Waals surface area contributed by atoms with Crippen LogP contribution in [0.5, 0.6) is 11.5 Å². The topological polar surface area (TPSA) is 38.8 Å². The van der Waals surface area contributed by atoms with E-state index in [2.05, 4.69) is 6.58 Å². The maximum Gasteiger partial charge on any atom is 0.237 e. The van der Waals surface area contributed by atoms with Gasteiger partial charge in [0.1, 0.15) is 0 Å². The summed E-state index contributed by atoms with van der Waals surface area (Å²) in [4.78, 5) is 15.8. The molecule has 0 bridgehead atoms. The maximum absolute atomic E-state index is 13.9. The van der Waals surface area contributed by atoms with Crippen LogP contribution in [-0.2, 0) is 16.6 Å².